The third kappa shape index (κ3) is 1.69. The molecule has 1 N–H and O–H groups in total. The van der Waals surface area contributed by atoms with Crippen LogP contribution in [0.2, 0.25) is 0 Å². The van der Waals surface area contributed by atoms with Gasteiger partial charge in [-0.1, -0.05) is 24.3 Å². The van der Waals surface area contributed by atoms with E-state index in [0.29, 0.717) is 0 Å². The fourth-order valence-corrected chi connectivity index (χ4v) is 1.35. The van der Waals surface area contributed by atoms with Gasteiger partial charge in [0.05, 0.1) is 5.52 Å². The van der Waals surface area contributed by atoms with E-state index in [2.05, 4.69) is 4.98 Å². The molecule has 0 fully saturated rings. The third-order valence-electron chi connectivity index (χ3n) is 2.01. The van der Waals surface area contributed by atoms with Crippen molar-refractivity contribution in [3.8, 4) is 0 Å². The van der Waals surface area contributed by atoms with Crippen LogP contribution < -0.4 is 0 Å². The second-order valence-corrected chi connectivity index (χ2v) is 2.98. The normalized spacial score (nSPS) is 10.9. The molecule has 1 aromatic carbocycles. The Labute approximate surface area is 82.4 Å². The maximum Gasteiger partial charge on any atom is 0.0707 e. The minimum Gasteiger partial charge on any atom is -0.309 e. The SMILES string of the molecule is N=C/C=C\c1ccc2cccnc2c1. The molecule has 0 bridgehead atoms. The molecule has 0 atom stereocenters. The minimum absolute atomic E-state index is 0.986. The van der Waals surface area contributed by atoms with Gasteiger partial charge >= 0.3 is 0 Å². The van der Waals surface area contributed by atoms with Gasteiger partial charge in [0, 0.05) is 17.8 Å². The molecule has 0 saturated heterocycles. The van der Waals surface area contributed by atoms with E-state index >= 15 is 0 Å². The van der Waals surface area contributed by atoms with E-state index in [-0.39, 0.29) is 0 Å². The monoisotopic (exact) mass is 182 g/mol. The quantitative estimate of drug-likeness (QED) is 0.712. The van der Waals surface area contributed by atoms with Crippen molar-refractivity contribution in [1.82, 2.24) is 4.98 Å². The number of hydrogen-bond acceptors (Lipinski definition) is 2. The van der Waals surface area contributed by atoms with Crippen molar-refractivity contribution in [2.75, 3.05) is 0 Å². The van der Waals surface area contributed by atoms with E-state index in [9.17, 15) is 0 Å². The minimum atomic E-state index is 0.986. The standard InChI is InChI=1S/C12H10N2/c13-7-1-3-10-5-6-11-4-2-8-14-12(11)9-10/h1-9,13H/b3-1-,13-7?. The highest BCUT2D eigenvalue weighted by molar-refractivity contribution is 5.83. The Hall–Kier alpha value is -1.96. The van der Waals surface area contributed by atoms with Crippen LogP contribution in [0, 0.1) is 5.41 Å². The number of aromatic nitrogens is 1. The molecule has 0 radical (unpaired) electrons. The van der Waals surface area contributed by atoms with Crippen LogP contribution in [0.4, 0.5) is 0 Å². The van der Waals surface area contributed by atoms with Crippen molar-refractivity contribution >= 4 is 23.2 Å². The lowest BCUT2D eigenvalue weighted by Crippen LogP contribution is -1.78. The summed E-state index contributed by atoms with van der Waals surface area (Å²) < 4.78 is 0. The van der Waals surface area contributed by atoms with E-state index in [0.717, 1.165) is 16.5 Å². The van der Waals surface area contributed by atoms with Gasteiger partial charge in [-0.05, 0) is 23.8 Å². The average molecular weight is 182 g/mol. The van der Waals surface area contributed by atoms with Crippen LogP contribution in [0.5, 0.6) is 0 Å². The molecule has 2 nitrogen and oxygen atoms in total. The summed E-state index contributed by atoms with van der Waals surface area (Å²) in [7, 11) is 0. The number of nitrogens with one attached hydrogen (secondary N) is 1. The lowest BCUT2D eigenvalue weighted by Gasteiger charge is -1.97. The van der Waals surface area contributed by atoms with E-state index in [1.165, 1.54) is 6.21 Å². The number of fused-ring (bicyclic) bond motifs is 1. The van der Waals surface area contributed by atoms with Crippen LogP contribution in [0.1, 0.15) is 5.56 Å². The number of benzene rings is 1. The van der Waals surface area contributed by atoms with Gasteiger partial charge in [-0.3, -0.25) is 4.98 Å². The van der Waals surface area contributed by atoms with Gasteiger partial charge in [-0.25, -0.2) is 0 Å². The van der Waals surface area contributed by atoms with Crippen LogP contribution in [0.3, 0.4) is 0 Å². The number of pyridine rings is 1. The molecule has 0 amide bonds. The molecule has 68 valence electrons. The lowest BCUT2D eigenvalue weighted by atomic mass is 10.1. The van der Waals surface area contributed by atoms with Crippen LogP contribution in [0.15, 0.2) is 42.6 Å². The van der Waals surface area contributed by atoms with E-state index in [1.807, 2.05) is 36.4 Å². The summed E-state index contributed by atoms with van der Waals surface area (Å²) in [6.45, 7) is 0. The Morgan fingerprint density at radius 3 is 3.00 bits per heavy atom. The van der Waals surface area contributed by atoms with Crippen molar-refractivity contribution in [1.29, 1.82) is 5.41 Å². The van der Waals surface area contributed by atoms with Crippen molar-refractivity contribution in [2.45, 2.75) is 0 Å². The molecule has 2 heteroatoms. The zero-order chi connectivity index (χ0) is 9.80. The van der Waals surface area contributed by atoms with Gasteiger partial charge < -0.3 is 5.41 Å². The predicted molar refractivity (Wildman–Crippen MR) is 59.6 cm³/mol. The smallest absolute Gasteiger partial charge is 0.0707 e. The first-order valence-electron chi connectivity index (χ1n) is 4.42. The fourth-order valence-electron chi connectivity index (χ4n) is 1.35. The first-order valence-corrected chi connectivity index (χ1v) is 4.42. The summed E-state index contributed by atoms with van der Waals surface area (Å²) in [4.78, 5) is 4.26. The molecule has 0 aliphatic carbocycles. The topological polar surface area (TPSA) is 36.7 Å². The summed E-state index contributed by atoms with van der Waals surface area (Å²) in [6.07, 6.45) is 6.64. The van der Waals surface area contributed by atoms with Gasteiger partial charge in [-0.15, -0.1) is 0 Å². The number of nitrogens with zero attached hydrogens (tertiary/aromatic N) is 1. The Bertz CT molecular complexity index is 486. The highest BCUT2D eigenvalue weighted by Gasteiger charge is 1.92. The fraction of sp³-hybridized carbons (Fsp3) is 0. The summed E-state index contributed by atoms with van der Waals surface area (Å²) in [5, 5.41) is 8.03. The number of rotatable bonds is 2. The van der Waals surface area contributed by atoms with Crippen LogP contribution in [-0.4, -0.2) is 11.2 Å². The average Bonchev–Trinajstić information content (AvgIpc) is 2.26. The summed E-state index contributed by atoms with van der Waals surface area (Å²) in [5.41, 5.74) is 2.05. The highest BCUT2D eigenvalue weighted by atomic mass is 14.6. The molecule has 0 saturated carbocycles. The lowest BCUT2D eigenvalue weighted by molar-refractivity contribution is 1.41. The predicted octanol–water partition coefficient (Wildman–Crippen LogP) is 2.90. The molecule has 1 aromatic heterocycles. The first-order chi connectivity index (χ1) is 6.90. The van der Waals surface area contributed by atoms with E-state index < -0.39 is 0 Å². The van der Waals surface area contributed by atoms with Gasteiger partial charge in [-0.2, -0.15) is 0 Å². The van der Waals surface area contributed by atoms with Crippen LogP contribution in [0.25, 0.3) is 17.0 Å². The summed E-state index contributed by atoms with van der Waals surface area (Å²) in [5.74, 6) is 0. The second kappa shape index (κ2) is 3.83. The van der Waals surface area contributed by atoms with Crippen LogP contribution >= 0.6 is 0 Å². The Kier molecular flexibility index (Phi) is 2.36. The van der Waals surface area contributed by atoms with Gasteiger partial charge in [0.2, 0.25) is 0 Å². The zero-order valence-electron chi connectivity index (χ0n) is 7.64. The largest absolute Gasteiger partial charge is 0.309 e. The Balaban J connectivity index is 2.51. The molecule has 0 unspecified atom stereocenters. The van der Waals surface area contributed by atoms with Crippen molar-refractivity contribution in [3.05, 3.63) is 48.2 Å². The van der Waals surface area contributed by atoms with Crippen molar-refractivity contribution < 1.29 is 0 Å². The highest BCUT2D eigenvalue weighted by Crippen LogP contribution is 2.13. The van der Waals surface area contributed by atoms with Gasteiger partial charge in [0.15, 0.2) is 0 Å². The summed E-state index contributed by atoms with van der Waals surface area (Å²) >= 11 is 0. The molecule has 14 heavy (non-hydrogen) atoms. The molecule has 1 heterocycles. The maximum atomic E-state index is 6.89. The Morgan fingerprint density at radius 1 is 1.21 bits per heavy atom. The molecular weight excluding hydrogens is 172 g/mol. The molecule has 0 aliphatic rings. The zero-order valence-corrected chi connectivity index (χ0v) is 7.64. The van der Waals surface area contributed by atoms with Gasteiger partial charge in [0.1, 0.15) is 0 Å². The second-order valence-electron chi connectivity index (χ2n) is 2.98. The molecule has 2 rings (SSSR count). The summed E-state index contributed by atoms with van der Waals surface area (Å²) in [6, 6.07) is 10.0. The molecular formula is C12H10N2. The van der Waals surface area contributed by atoms with Crippen LogP contribution in [-0.2, 0) is 0 Å². The molecule has 0 spiro atoms. The van der Waals surface area contributed by atoms with Crippen molar-refractivity contribution in [2.24, 2.45) is 0 Å². The third-order valence-corrected chi connectivity index (χ3v) is 2.01. The Morgan fingerprint density at radius 2 is 2.14 bits per heavy atom. The van der Waals surface area contributed by atoms with Crippen molar-refractivity contribution in [3.63, 3.8) is 0 Å². The molecule has 0 aliphatic heterocycles. The number of allylic oxidation sites excluding steroid dienone is 1. The van der Waals surface area contributed by atoms with Gasteiger partial charge in [0.25, 0.3) is 0 Å². The first kappa shape index (κ1) is 8.63. The molecule has 2 aromatic rings. The van der Waals surface area contributed by atoms with E-state index in [4.69, 9.17) is 5.41 Å². The maximum absolute atomic E-state index is 6.89. The number of hydrogen-bond donors (Lipinski definition) is 1. The van der Waals surface area contributed by atoms with E-state index in [1.54, 1.807) is 12.3 Å².